The molecule has 2 heterocycles. The molecule has 0 atom stereocenters. The third-order valence-electron chi connectivity index (χ3n) is 4.30. The van der Waals surface area contributed by atoms with Gasteiger partial charge in [-0.3, -0.25) is 4.90 Å². The van der Waals surface area contributed by atoms with E-state index in [2.05, 4.69) is 42.2 Å². The number of likely N-dealkylation sites (tertiary alicyclic amines) is 1. The second kappa shape index (κ2) is 7.79. The second-order valence-electron chi connectivity index (χ2n) is 6.32. The lowest BCUT2D eigenvalue weighted by Gasteiger charge is -2.33. The molecule has 4 heteroatoms. The van der Waals surface area contributed by atoms with E-state index in [4.69, 9.17) is 4.52 Å². The molecule has 1 fully saturated rings. The minimum atomic E-state index is 0.812. The van der Waals surface area contributed by atoms with Gasteiger partial charge in [-0.05, 0) is 50.7 Å². The number of hydrogen-bond donors (Lipinski definition) is 1. The van der Waals surface area contributed by atoms with Crippen LogP contribution in [-0.2, 0) is 13.1 Å². The molecule has 114 valence electrons. The van der Waals surface area contributed by atoms with Crippen molar-refractivity contribution in [2.75, 3.05) is 19.6 Å². The van der Waals surface area contributed by atoms with E-state index in [1.807, 2.05) is 0 Å². The topological polar surface area (TPSA) is 41.3 Å². The zero-order valence-corrected chi connectivity index (χ0v) is 13.2. The fourth-order valence-corrected chi connectivity index (χ4v) is 2.90. The molecule has 0 saturated carbocycles. The molecule has 0 bridgehead atoms. The fraction of sp³-hybridized carbons (Fsp3) is 0.812. The summed E-state index contributed by atoms with van der Waals surface area (Å²) in [5.74, 6) is 2.72. The molecule has 2 rings (SSSR count). The lowest BCUT2D eigenvalue weighted by atomic mass is 9.87. The zero-order chi connectivity index (χ0) is 14.4. The molecule has 0 aliphatic carbocycles. The van der Waals surface area contributed by atoms with Crippen LogP contribution in [0.15, 0.2) is 10.6 Å². The maximum atomic E-state index is 5.44. The van der Waals surface area contributed by atoms with E-state index in [0.717, 1.165) is 49.3 Å². The monoisotopic (exact) mass is 279 g/mol. The molecular weight excluding hydrogens is 250 g/mol. The zero-order valence-electron chi connectivity index (χ0n) is 13.2. The third-order valence-corrected chi connectivity index (χ3v) is 4.30. The van der Waals surface area contributed by atoms with Gasteiger partial charge in [-0.1, -0.05) is 25.9 Å². The number of nitrogens with one attached hydrogen (secondary N) is 1. The van der Waals surface area contributed by atoms with Crippen LogP contribution in [0.5, 0.6) is 0 Å². The highest BCUT2D eigenvalue weighted by molar-refractivity contribution is 5.05. The van der Waals surface area contributed by atoms with Crippen LogP contribution in [0.2, 0.25) is 0 Å². The molecule has 1 aromatic rings. The van der Waals surface area contributed by atoms with E-state index in [-0.39, 0.29) is 0 Å². The summed E-state index contributed by atoms with van der Waals surface area (Å²) < 4.78 is 5.44. The van der Waals surface area contributed by atoms with Gasteiger partial charge in [0.15, 0.2) is 5.76 Å². The summed E-state index contributed by atoms with van der Waals surface area (Å²) in [6, 6.07) is 2.09. The quantitative estimate of drug-likeness (QED) is 0.779. The summed E-state index contributed by atoms with van der Waals surface area (Å²) in [7, 11) is 0. The third kappa shape index (κ3) is 4.60. The molecule has 0 radical (unpaired) electrons. The Bertz CT molecular complexity index is 381. The summed E-state index contributed by atoms with van der Waals surface area (Å²) in [5, 5.41) is 7.48. The summed E-state index contributed by atoms with van der Waals surface area (Å²) in [5.41, 5.74) is 1.02. The predicted molar refractivity (Wildman–Crippen MR) is 81.3 cm³/mol. The van der Waals surface area contributed by atoms with Gasteiger partial charge in [-0.15, -0.1) is 0 Å². The van der Waals surface area contributed by atoms with Crippen molar-refractivity contribution < 1.29 is 4.52 Å². The van der Waals surface area contributed by atoms with Crippen molar-refractivity contribution in [2.45, 2.75) is 53.1 Å². The lowest BCUT2D eigenvalue weighted by molar-refractivity contribution is 0.140. The van der Waals surface area contributed by atoms with Crippen molar-refractivity contribution in [1.82, 2.24) is 15.4 Å². The van der Waals surface area contributed by atoms with Crippen molar-refractivity contribution in [2.24, 2.45) is 11.8 Å². The smallest absolute Gasteiger partial charge is 0.151 e. The first-order chi connectivity index (χ1) is 9.69. The Balaban J connectivity index is 1.74. The molecule has 4 nitrogen and oxygen atoms in total. The van der Waals surface area contributed by atoms with Crippen molar-refractivity contribution in [3.63, 3.8) is 0 Å². The Morgan fingerprint density at radius 1 is 1.40 bits per heavy atom. The van der Waals surface area contributed by atoms with Crippen LogP contribution < -0.4 is 5.32 Å². The lowest BCUT2D eigenvalue weighted by Crippen LogP contribution is -2.34. The maximum Gasteiger partial charge on any atom is 0.151 e. The summed E-state index contributed by atoms with van der Waals surface area (Å²) in [6.07, 6.45) is 3.78. The molecule has 1 aliphatic heterocycles. The Labute approximate surface area is 122 Å². The maximum absolute atomic E-state index is 5.44. The van der Waals surface area contributed by atoms with Crippen LogP contribution in [0.1, 0.15) is 51.5 Å². The first-order valence-electron chi connectivity index (χ1n) is 8.06. The average molecular weight is 279 g/mol. The minimum absolute atomic E-state index is 0.812. The SMILES string of the molecule is CCCNCc1cc(CN2CCC(C(C)C)CC2)on1. The molecular formula is C16H29N3O. The number of rotatable bonds is 7. The number of aromatic nitrogens is 1. The van der Waals surface area contributed by atoms with Crippen LogP contribution in [0.25, 0.3) is 0 Å². The molecule has 0 aromatic carbocycles. The van der Waals surface area contributed by atoms with Gasteiger partial charge in [-0.2, -0.15) is 0 Å². The molecule has 1 saturated heterocycles. The first kappa shape index (κ1) is 15.5. The molecule has 0 unspecified atom stereocenters. The van der Waals surface area contributed by atoms with Crippen LogP contribution in [0, 0.1) is 11.8 Å². The van der Waals surface area contributed by atoms with Gasteiger partial charge in [0.05, 0.1) is 12.2 Å². The molecule has 0 amide bonds. The van der Waals surface area contributed by atoms with Gasteiger partial charge in [0.2, 0.25) is 0 Å². The first-order valence-corrected chi connectivity index (χ1v) is 8.06. The summed E-state index contributed by atoms with van der Waals surface area (Å²) in [6.45, 7) is 12.0. The van der Waals surface area contributed by atoms with Crippen molar-refractivity contribution in [3.8, 4) is 0 Å². The van der Waals surface area contributed by atoms with E-state index < -0.39 is 0 Å². The molecule has 1 aliphatic rings. The van der Waals surface area contributed by atoms with E-state index in [0.29, 0.717) is 0 Å². The van der Waals surface area contributed by atoms with Crippen LogP contribution in [-0.4, -0.2) is 29.7 Å². The Hall–Kier alpha value is -0.870. The number of hydrogen-bond acceptors (Lipinski definition) is 4. The predicted octanol–water partition coefficient (Wildman–Crippen LogP) is 3.04. The average Bonchev–Trinajstić information content (AvgIpc) is 2.87. The van der Waals surface area contributed by atoms with Gasteiger partial charge in [0.1, 0.15) is 0 Å². The van der Waals surface area contributed by atoms with Gasteiger partial charge >= 0.3 is 0 Å². The highest BCUT2D eigenvalue weighted by Crippen LogP contribution is 2.25. The van der Waals surface area contributed by atoms with E-state index in [9.17, 15) is 0 Å². The Morgan fingerprint density at radius 2 is 2.15 bits per heavy atom. The molecule has 20 heavy (non-hydrogen) atoms. The van der Waals surface area contributed by atoms with E-state index >= 15 is 0 Å². The van der Waals surface area contributed by atoms with E-state index in [1.165, 1.54) is 25.9 Å². The summed E-state index contributed by atoms with van der Waals surface area (Å²) >= 11 is 0. The van der Waals surface area contributed by atoms with Gasteiger partial charge < -0.3 is 9.84 Å². The molecule has 1 aromatic heterocycles. The largest absolute Gasteiger partial charge is 0.360 e. The van der Waals surface area contributed by atoms with Crippen LogP contribution in [0.4, 0.5) is 0 Å². The van der Waals surface area contributed by atoms with Crippen LogP contribution in [0.3, 0.4) is 0 Å². The van der Waals surface area contributed by atoms with Gasteiger partial charge in [0.25, 0.3) is 0 Å². The number of nitrogens with zero attached hydrogens (tertiary/aromatic N) is 2. The molecule has 1 N–H and O–H groups in total. The van der Waals surface area contributed by atoms with Gasteiger partial charge in [-0.25, -0.2) is 0 Å². The highest BCUT2D eigenvalue weighted by atomic mass is 16.5. The Kier molecular flexibility index (Phi) is 6.05. The molecule has 0 spiro atoms. The Morgan fingerprint density at radius 3 is 2.80 bits per heavy atom. The number of piperidine rings is 1. The normalized spacial score (nSPS) is 18.0. The van der Waals surface area contributed by atoms with Crippen molar-refractivity contribution in [3.05, 3.63) is 17.5 Å². The van der Waals surface area contributed by atoms with Crippen molar-refractivity contribution in [1.29, 1.82) is 0 Å². The van der Waals surface area contributed by atoms with Crippen molar-refractivity contribution >= 4 is 0 Å². The van der Waals surface area contributed by atoms with Crippen LogP contribution >= 0.6 is 0 Å². The standard InChI is InChI=1S/C16H29N3O/c1-4-7-17-11-15-10-16(20-18-15)12-19-8-5-14(6-9-19)13(2)3/h10,13-14,17H,4-9,11-12H2,1-3H3. The van der Waals surface area contributed by atoms with E-state index in [1.54, 1.807) is 0 Å². The second-order valence-corrected chi connectivity index (χ2v) is 6.32. The van der Waals surface area contributed by atoms with Gasteiger partial charge in [0, 0.05) is 12.6 Å². The summed E-state index contributed by atoms with van der Waals surface area (Å²) in [4.78, 5) is 2.49. The minimum Gasteiger partial charge on any atom is -0.360 e. The highest BCUT2D eigenvalue weighted by Gasteiger charge is 2.22. The fourth-order valence-electron chi connectivity index (χ4n) is 2.90.